The Bertz CT molecular complexity index is 506. The summed E-state index contributed by atoms with van der Waals surface area (Å²) in [6.07, 6.45) is 0.0668. The van der Waals surface area contributed by atoms with Gasteiger partial charge >= 0.3 is 0 Å². The topological polar surface area (TPSA) is 41.6 Å². The van der Waals surface area contributed by atoms with Crippen molar-refractivity contribution in [2.24, 2.45) is 0 Å². The number of hydrogen-bond donors (Lipinski definition) is 1. The number of aryl methyl sites for hydroxylation is 2. The molecule has 116 valence electrons. The van der Waals surface area contributed by atoms with E-state index in [4.69, 9.17) is 4.74 Å². The molecule has 0 bridgehead atoms. The van der Waals surface area contributed by atoms with Crippen LogP contribution in [-0.4, -0.2) is 49.5 Å². The average molecular weight is 290 g/mol. The Balaban J connectivity index is 2.21. The predicted molar refractivity (Wildman–Crippen MR) is 85.3 cm³/mol. The summed E-state index contributed by atoms with van der Waals surface area (Å²) in [4.78, 5) is 14.9. The molecule has 1 aliphatic heterocycles. The lowest BCUT2D eigenvalue weighted by Gasteiger charge is -2.27. The van der Waals surface area contributed by atoms with E-state index < -0.39 is 0 Å². The predicted octanol–water partition coefficient (Wildman–Crippen LogP) is 2.18. The molecule has 1 aromatic rings. The Morgan fingerprint density at radius 3 is 2.57 bits per heavy atom. The van der Waals surface area contributed by atoms with E-state index in [0.717, 1.165) is 48.6 Å². The van der Waals surface area contributed by atoms with Gasteiger partial charge in [0.05, 0.1) is 18.2 Å². The van der Waals surface area contributed by atoms with Crippen molar-refractivity contribution in [3.05, 3.63) is 28.8 Å². The lowest BCUT2D eigenvalue weighted by molar-refractivity contribution is 0.0915. The third kappa shape index (κ3) is 4.29. The van der Waals surface area contributed by atoms with Crippen LogP contribution in [0.3, 0.4) is 0 Å². The number of nitrogens with one attached hydrogen (secondary N) is 1. The van der Waals surface area contributed by atoms with E-state index in [2.05, 4.69) is 16.3 Å². The van der Waals surface area contributed by atoms with Crippen molar-refractivity contribution < 1.29 is 9.53 Å². The van der Waals surface area contributed by atoms with Gasteiger partial charge in [-0.25, -0.2) is 0 Å². The molecular formula is C17H26N2O2. The minimum Gasteiger partial charge on any atom is -0.490 e. The van der Waals surface area contributed by atoms with Gasteiger partial charge in [-0.15, -0.1) is 0 Å². The second kappa shape index (κ2) is 7.05. The summed E-state index contributed by atoms with van der Waals surface area (Å²) in [6, 6.07) is 4.02. The molecule has 1 saturated heterocycles. The number of Topliss-reactive ketones (excluding diaryl/α,β-unsaturated/α-hetero) is 1. The molecule has 1 fully saturated rings. The summed E-state index contributed by atoms with van der Waals surface area (Å²) in [6.45, 7) is 12.2. The minimum absolute atomic E-state index is 0.0668. The number of ether oxygens (including phenoxy) is 1. The van der Waals surface area contributed by atoms with Crippen LogP contribution in [0.15, 0.2) is 12.1 Å². The number of carbonyl (C=O) groups is 1. The molecule has 0 radical (unpaired) electrons. The molecule has 1 aliphatic rings. The van der Waals surface area contributed by atoms with Crippen molar-refractivity contribution in [1.29, 1.82) is 0 Å². The van der Waals surface area contributed by atoms with Crippen molar-refractivity contribution in [3.8, 4) is 5.75 Å². The van der Waals surface area contributed by atoms with Gasteiger partial charge in [-0.3, -0.25) is 9.69 Å². The van der Waals surface area contributed by atoms with E-state index in [1.54, 1.807) is 0 Å². The van der Waals surface area contributed by atoms with Gasteiger partial charge < -0.3 is 10.1 Å². The molecule has 1 aromatic carbocycles. The average Bonchev–Trinajstić information content (AvgIpc) is 2.42. The summed E-state index contributed by atoms with van der Waals surface area (Å²) in [5.41, 5.74) is 2.86. The van der Waals surface area contributed by atoms with Crippen LogP contribution in [0.5, 0.6) is 5.75 Å². The van der Waals surface area contributed by atoms with Gasteiger partial charge in [-0.2, -0.15) is 0 Å². The summed E-state index contributed by atoms with van der Waals surface area (Å²) in [5, 5.41) is 3.31. The van der Waals surface area contributed by atoms with Crippen molar-refractivity contribution >= 4 is 5.78 Å². The molecule has 4 heteroatoms. The molecule has 1 N–H and O–H groups in total. The van der Waals surface area contributed by atoms with E-state index in [1.807, 2.05) is 33.8 Å². The van der Waals surface area contributed by atoms with Gasteiger partial charge in [0.1, 0.15) is 5.75 Å². The Kier molecular flexibility index (Phi) is 5.37. The number of rotatable bonds is 5. The normalized spacial score (nSPS) is 16.2. The Hall–Kier alpha value is -1.39. The van der Waals surface area contributed by atoms with Gasteiger partial charge in [0.2, 0.25) is 0 Å². The van der Waals surface area contributed by atoms with Crippen LogP contribution >= 0.6 is 0 Å². The molecule has 1 heterocycles. The minimum atomic E-state index is 0.0668. The SMILES string of the molecule is Cc1cc(C)c(OC(C)C)c(C(=O)CN2CCNCC2)c1. The number of ketones is 1. The van der Waals surface area contributed by atoms with Gasteiger partial charge in [-0.05, 0) is 44.9 Å². The fourth-order valence-corrected chi connectivity index (χ4v) is 2.71. The van der Waals surface area contributed by atoms with Crippen molar-refractivity contribution in [3.63, 3.8) is 0 Å². The maximum atomic E-state index is 12.7. The maximum Gasteiger partial charge on any atom is 0.180 e. The van der Waals surface area contributed by atoms with Crippen LogP contribution in [0.25, 0.3) is 0 Å². The number of piperazine rings is 1. The molecule has 2 rings (SSSR count). The number of benzene rings is 1. The summed E-state index contributed by atoms with van der Waals surface area (Å²) >= 11 is 0. The third-order valence-electron chi connectivity index (χ3n) is 3.65. The van der Waals surface area contributed by atoms with E-state index >= 15 is 0 Å². The Morgan fingerprint density at radius 1 is 1.29 bits per heavy atom. The van der Waals surface area contributed by atoms with Gasteiger partial charge in [0.15, 0.2) is 5.78 Å². The first-order valence-electron chi connectivity index (χ1n) is 7.71. The number of nitrogens with zero attached hydrogens (tertiary/aromatic N) is 1. The monoisotopic (exact) mass is 290 g/mol. The first-order valence-corrected chi connectivity index (χ1v) is 7.71. The lowest BCUT2D eigenvalue weighted by atomic mass is 10.0. The highest BCUT2D eigenvalue weighted by atomic mass is 16.5. The van der Waals surface area contributed by atoms with Crippen LogP contribution in [-0.2, 0) is 0 Å². The summed E-state index contributed by atoms with van der Waals surface area (Å²) < 4.78 is 5.89. The summed E-state index contributed by atoms with van der Waals surface area (Å²) in [5.74, 6) is 0.898. The largest absolute Gasteiger partial charge is 0.490 e. The molecule has 0 aromatic heterocycles. The molecule has 0 aliphatic carbocycles. The van der Waals surface area contributed by atoms with Crippen LogP contribution in [0, 0.1) is 13.8 Å². The Morgan fingerprint density at radius 2 is 1.95 bits per heavy atom. The zero-order valence-corrected chi connectivity index (χ0v) is 13.5. The van der Waals surface area contributed by atoms with Crippen LogP contribution in [0.4, 0.5) is 0 Å². The van der Waals surface area contributed by atoms with Gasteiger partial charge in [0.25, 0.3) is 0 Å². The van der Waals surface area contributed by atoms with Crippen molar-refractivity contribution in [2.75, 3.05) is 32.7 Å². The van der Waals surface area contributed by atoms with E-state index in [9.17, 15) is 4.79 Å². The number of hydrogen-bond acceptors (Lipinski definition) is 4. The first kappa shape index (κ1) is 16.0. The molecule has 0 spiro atoms. The maximum absolute atomic E-state index is 12.7. The van der Waals surface area contributed by atoms with Gasteiger partial charge in [-0.1, -0.05) is 6.07 Å². The molecule has 0 atom stereocenters. The molecule has 0 saturated carbocycles. The van der Waals surface area contributed by atoms with Crippen LogP contribution in [0.1, 0.15) is 35.3 Å². The smallest absolute Gasteiger partial charge is 0.180 e. The first-order chi connectivity index (χ1) is 9.97. The standard InChI is InChI=1S/C17H26N2O2/c1-12(2)21-17-14(4)9-13(3)10-15(17)16(20)11-19-7-5-18-6-8-19/h9-10,12,18H,5-8,11H2,1-4H3. The van der Waals surface area contributed by atoms with E-state index in [0.29, 0.717) is 6.54 Å². The lowest BCUT2D eigenvalue weighted by Crippen LogP contribution is -2.45. The fraction of sp³-hybridized carbons (Fsp3) is 0.588. The van der Waals surface area contributed by atoms with E-state index in [1.165, 1.54) is 0 Å². The Labute approximate surface area is 127 Å². The van der Waals surface area contributed by atoms with Crippen molar-refractivity contribution in [2.45, 2.75) is 33.8 Å². The highest BCUT2D eigenvalue weighted by molar-refractivity contribution is 6.00. The second-order valence-corrected chi connectivity index (χ2v) is 6.07. The van der Waals surface area contributed by atoms with Crippen LogP contribution < -0.4 is 10.1 Å². The zero-order chi connectivity index (χ0) is 15.4. The number of carbonyl (C=O) groups excluding carboxylic acids is 1. The quantitative estimate of drug-likeness (QED) is 0.844. The molecule has 21 heavy (non-hydrogen) atoms. The second-order valence-electron chi connectivity index (χ2n) is 6.07. The van der Waals surface area contributed by atoms with Crippen molar-refractivity contribution in [1.82, 2.24) is 10.2 Å². The molecule has 0 unspecified atom stereocenters. The zero-order valence-electron chi connectivity index (χ0n) is 13.5. The third-order valence-corrected chi connectivity index (χ3v) is 3.65. The molecule has 0 amide bonds. The van der Waals surface area contributed by atoms with Crippen LogP contribution in [0.2, 0.25) is 0 Å². The fourth-order valence-electron chi connectivity index (χ4n) is 2.71. The summed E-state index contributed by atoms with van der Waals surface area (Å²) in [7, 11) is 0. The highest BCUT2D eigenvalue weighted by Crippen LogP contribution is 2.27. The highest BCUT2D eigenvalue weighted by Gasteiger charge is 2.20. The van der Waals surface area contributed by atoms with E-state index in [-0.39, 0.29) is 11.9 Å². The molecule has 4 nitrogen and oxygen atoms in total. The van der Waals surface area contributed by atoms with Gasteiger partial charge in [0, 0.05) is 26.2 Å². The molecular weight excluding hydrogens is 264 g/mol.